The molecule has 0 unspecified atom stereocenters. The molecular weight excluding hydrogens is 478 g/mol. The first-order valence-electron chi connectivity index (χ1n) is 13.2. The Balaban J connectivity index is 1.40. The number of hydrogen-bond acceptors (Lipinski definition) is 4. The maximum atomic E-state index is 13.2. The zero-order chi connectivity index (χ0) is 26.7. The van der Waals surface area contributed by atoms with Crippen molar-refractivity contribution >= 4 is 28.5 Å². The Hall–Kier alpha value is -4.20. The summed E-state index contributed by atoms with van der Waals surface area (Å²) in [6, 6.07) is 17.7. The molecule has 0 radical (unpaired) electrons. The lowest BCUT2D eigenvalue weighted by Crippen LogP contribution is -2.48. The van der Waals surface area contributed by atoms with Crippen LogP contribution in [0.4, 0.5) is 0 Å². The highest BCUT2D eigenvalue weighted by Gasteiger charge is 2.21. The van der Waals surface area contributed by atoms with Gasteiger partial charge in [0.1, 0.15) is 18.4 Å². The van der Waals surface area contributed by atoms with Crippen molar-refractivity contribution in [3.8, 4) is 11.3 Å². The van der Waals surface area contributed by atoms with Crippen LogP contribution >= 0.6 is 0 Å². The molecule has 0 aliphatic carbocycles. The van der Waals surface area contributed by atoms with Gasteiger partial charge in [0.15, 0.2) is 0 Å². The fourth-order valence-electron chi connectivity index (χ4n) is 4.70. The number of fused-ring (bicyclic) bond motifs is 1. The van der Waals surface area contributed by atoms with E-state index in [1.165, 1.54) is 0 Å². The number of rotatable bonds is 14. The average Bonchev–Trinajstić information content (AvgIpc) is 3.56. The van der Waals surface area contributed by atoms with E-state index in [1.807, 2.05) is 30.3 Å². The molecule has 0 saturated carbocycles. The number of aromatic amines is 1. The predicted octanol–water partition coefficient (Wildman–Crippen LogP) is 4.41. The number of aromatic nitrogens is 3. The summed E-state index contributed by atoms with van der Waals surface area (Å²) >= 11 is 0. The Morgan fingerprint density at radius 3 is 2.55 bits per heavy atom. The van der Waals surface area contributed by atoms with Crippen LogP contribution < -0.4 is 10.6 Å². The van der Waals surface area contributed by atoms with E-state index < -0.39 is 6.04 Å². The zero-order valence-corrected chi connectivity index (χ0v) is 21.8. The number of carbonyl (C=O) groups excluding carboxylic acids is 3. The van der Waals surface area contributed by atoms with Gasteiger partial charge in [-0.25, -0.2) is 4.98 Å². The SMILES string of the molecule is CC(=O)CCCCC[C@H](NC(=O)Cn1ccnc1)C(=O)NCCc1c(-c2ccccc2)[nH]c2ccccc12. The van der Waals surface area contributed by atoms with Crippen molar-refractivity contribution in [3.63, 3.8) is 0 Å². The maximum Gasteiger partial charge on any atom is 0.242 e. The van der Waals surface area contributed by atoms with Crippen molar-refractivity contribution in [2.75, 3.05) is 6.54 Å². The number of nitrogens with zero attached hydrogens (tertiary/aromatic N) is 2. The summed E-state index contributed by atoms with van der Waals surface area (Å²) in [4.78, 5) is 44.5. The summed E-state index contributed by atoms with van der Waals surface area (Å²) in [6.07, 6.45) is 8.96. The second-order valence-electron chi connectivity index (χ2n) is 9.59. The Bertz CT molecular complexity index is 1350. The van der Waals surface area contributed by atoms with Gasteiger partial charge in [-0.15, -0.1) is 0 Å². The second kappa shape index (κ2) is 13.4. The number of nitrogens with one attached hydrogen (secondary N) is 3. The largest absolute Gasteiger partial charge is 0.354 e. The number of hydrogen-bond donors (Lipinski definition) is 3. The van der Waals surface area contributed by atoms with Crippen LogP contribution in [-0.4, -0.2) is 44.7 Å². The van der Waals surface area contributed by atoms with Crippen molar-refractivity contribution in [3.05, 3.63) is 78.9 Å². The number of Topliss-reactive ketones (excluding diaryl/α,β-unsaturated/α-hetero) is 1. The van der Waals surface area contributed by atoms with E-state index in [9.17, 15) is 14.4 Å². The molecule has 2 amide bonds. The highest BCUT2D eigenvalue weighted by atomic mass is 16.2. The molecule has 0 bridgehead atoms. The summed E-state index contributed by atoms with van der Waals surface area (Å²) in [5.74, 6) is -0.272. The van der Waals surface area contributed by atoms with E-state index in [0.717, 1.165) is 47.0 Å². The van der Waals surface area contributed by atoms with Crippen LogP contribution in [0.1, 0.15) is 44.6 Å². The molecule has 8 nitrogen and oxygen atoms in total. The number of ketones is 1. The quantitative estimate of drug-likeness (QED) is 0.217. The zero-order valence-electron chi connectivity index (χ0n) is 21.8. The van der Waals surface area contributed by atoms with Crippen LogP contribution in [0.3, 0.4) is 0 Å². The van der Waals surface area contributed by atoms with Crippen molar-refractivity contribution in [2.24, 2.45) is 0 Å². The van der Waals surface area contributed by atoms with Gasteiger partial charge in [-0.1, -0.05) is 61.4 Å². The Kier molecular flexibility index (Phi) is 9.45. The molecule has 0 saturated heterocycles. The molecular formula is C30H35N5O3. The minimum absolute atomic E-state index is 0.101. The van der Waals surface area contributed by atoms with Crippen molar-refractivity contribution in [1.29, 1.82) is 0 Å². The number of benzene rings is 2. The van der Waals surface area contributed by atoms with Crippen LogP contribution in [0.5, 0.6) is 0 Å². The molecule has 0 fully saturated rings. The van der Waals surface area contributed by atoms with E-state index in [-0.39, 0.29) is 24.1 Å². The molecule has 8 heteroatoms. The number of para-hydroxylation sites is 1. The minimum atomic E-state index is -0.639. The number of H-pyrrole nitrogens is 1. The van der Waals surface area contributed by atoms with E-state index in [4.69, 9.17) is 0 Å². The third-order valence-electron chi connectivity index (χ3n) is 6.61. The van der Waals surface area contributed by atoms with Gasteiger partial charge in [0.05, 0.1) is 6.33 Å². The van der Waals surface area contributed by atoms with Gasteiger partial charge in [-0.05, 0) is 43.4 Å². The van der Waals surface area contributed by atoms with E-state index in [2.05, 4.69) is 44.9 Å². The molecule has 4 rings (SSSR count). The Morgan fingerprint density at radius 2 is 1.79 bits per heavy atom. The molecule has 4 aromatic rings. The molecule has 198 valence electrons. The van der Waals surface area contributed by atoms with E-state index >= 15 is 0 Å². The standard InChI is InChI=1S/C30H35N5O3/c1-22(36)10-4-2-7-15-27(33-28(37)20-35-19-18-31-21-35)30(38)32-17-16-25-24-13-8-9-14-26(24)34-29(25)23-11-5-3-6-12-23/h3,5-6,8-9,11-14,18-19,21,27,34H,2,4,7,10,15-17,20H2,1H3,(H,32,38)(H,33,37)/t27-/m0/s1. The van der Waals surface area contributed by atoms with E-state index in [1.54, 1.807) is 30.2 Å². The highest BCUT2D eigenvalue weighted by molar-refractivity contribution is 5.91. The van der Waals surface area contributed by atoms with Crippen LogP contribution in [0, 0.1) is 0 Å². The van der Waals surface area contributed by atoms with Gasteiger partial charge >= 0.3 is 0 Å². The fourth-order valence-corrected chi connectivity index (χ4v) is 4.70. The summed E-state index contributed by atoms with van der Waals surface area (Å²) in [6.45, 7) is 2.13. The molecule has 1 atom stereocenters. The molecule has 2 heterocycles. The minimum Gasteiger partial charge on any atom is -0.354 e. The summed E-state index contributed by atoms with van der Waals surface area (Å²) < 4.78 is 1.67. The van der Waals surface area contributed by atoms with Crippen LogP contribution in [0.2, 0.25) is 0 Å². The topological polar surface area (TPSA) is 109 Å². The third kappa shape index (κ3) is 7.41. The first kappa shape index (κ1) is 26.9. The van der Waals surface area contributed by atoms with E-state index in [0.29, 0.717) is 25.8 Å². The number of amides is 2. The van der Waals surface area contributed by atoms with Gasteiger partial charge < -0.3 is 25.0 Å². The lowest BCUT2D eigenvalue weighted by atomic mass is 10.0. The Morgan fingerprint density at radius 1 is 1.00 bits per heavy atom. The normalized spacial score (nSPS) is 11.8. The van der Waals surface area contributed by atoms with Crippen molar-refractivity contribution in [1.82, 2.24) is 25.2 Å². The lowest BCUT2D eigenvalue weighted by molar-refractivity contribution is -0.129. The highest BCUT2D eigenvalue weighted by Crippen LogP contribution is 2.30. The molecule has 3 N–H and O–H groups in total. The van der Waals surface area contributed by atoms with Gasteiger partial charge in [-0.3, -0.25) is 9.59 Å². The fraction of sp³-hybridized carbons (Fsp3) is 0.333. The Labute approximate surface area is 222 Å². The van der Waals surface area contributed by atoms with Crippen LogP contribution in [0.15, 0.2) is 73.3 Å². The first-order chi connectivity index (χ1) is 18.5. The second-order valence-corrected chi connectivity index (χ2v) is 9.59. The average molecular weight is 514 g/mol. The molecule has 0 spiro atoms. The van der Waals surface area contributed by atoms with Crippen molar-refractivity contribution in [2.45, 2.75) is 58.0 Å². The van der Waals surface area contributed by atoms with Gasteiger partial charge in [0.2, 0.25) is 11.8 Å². The molecule has 2 aromatic heterocycles. The molecule has 2 aromatic carbocycles. The smallest absolute Gasteiger partial charge is 0.242 e. The van der Waals surface area contributed by atoms with Gasteiger partial charge in [-0.2, -0.15) is 0 Å². The number of imidazole rings is 1. The van der Waals surface area contributed by atoms with Gasteiger partial charge in [0, 0.05) is 42.0 Å². The summed E-state index contributed by atoms with van der Waals surface area (Å²) in [7, 11) is 0. The summed E-state index contributed by atoms with van der Waals surface area (Å²) in [5, 5.41) is 7.07. The lowest BCUT2D eigenvalue weighted by Gasteiger charge is -2.19. The first-order valence-corrected chi connectivity index (χ1v) is 13.2. The summed E-state index contributed by atoms with van der Waals surface area (Å²) in [5.41, 5.74) is 4.36. The van der Waals surface area contributed by atoms with Gasteiger partial charge in [0.25, 0.3) is 0 Å². The molecule has 0 aliphatic heterocycles. The number of unbranched alkanes of at least 4 members (excludes halogenated alkanes) is 2. The van der Waals surface area contributed by atoms with Crippen LogP contribution in [0.25, 0.3) is 22.2 Å². The van der Waals surface area contributed by atoms with Crippen LogP contribution in [-0.2, 0) is 27.3 Å². The molecule has 0 aliphatic rings. The third-order valence-corrected chi connectivity index (χ3v) is 6.61. The number of carbonyl (C=O) groups is 3. The molecule has 38 heavy (non-hydrogen) atoms. The maximum absolute atomic E-state index is 13.2. The van der Waals surface area contributed by atoms with Crippen molar-refractivity contribution < 1.29 is 14.4 Å². The monoisotopic (exact) mass is 513 g/mol. The predicted molar refractivity (Wildman–Crippen MR) is 148 cm³/mol.